The van der Waals surface area contributed by atoms with Gasteiger partial charge in [-0.15, -0.1) is 0 Å². The molecule has 2 aliphatic rings. The molecular weight excluding hydrogens is 428 g/mol. The third-order valence-electron chi connectivity index (χ3n) is 5.91. The summed E-state index contributed by atoms with van der Waals surface area (Å²) in [6.07, 6.45) is 3.14. The van der Waals surface area contributed by atoms with Crippen molar-refractivity contribution in [1.29, 1.82) is 0 Å². The Morgan fingerprint density at radius 2 is 2.12 bits per heavy atom. The summed E-state index contributed by atoms with van der Waals surface area (Å²) in [4.78, 5) is 38.2. The van der Waals surface area contributed by atoms with Gasteiger partial charge in [-0.25, -0.2) is 9.59 Å². The standard InChI is InChI=1S/C23H32N4O6/c1-14(5-7-18(28)32-11-10-27-9-8-25-13-27)4-6-16-20(26-23(24)30)19-17(12-33-22(19)29)15(2)21(16)31-3/h4,25H,5-13H2,1-3H3,(H3,24,26,30)/b14-4+. The molecule has 2 heterocycles. The molecule has 0 aromatic heterocycles. The predicted molar refractivity (Wildman–Crippen MR) is 122 cm³/mol. The first kappa shape index (κ1) is 24.5. The number of allylic oxidation sites excluding steroid dienone is 2. The van der Waals surface area contributed by atoms with Crippen molar-refractivity contribution < 1.29 is 28.6 Å². The number of urea groups is 1. The van der Waals surface area contributed by atoms with Crippen LogP contribution in [0.15, 0.2) is 11.6 Å². The Kier molecular flexibility index (Phi) is 8.29. The van der Waals surface area contributed by atoms with E-state index in [1.165, 1.54) is 7.11 Å². The third-order valence-corrected chi connectivity index (χ3v) is 5.91. The van der Waals surface area contributed by atoms with E-state index in [9.17, 15) is 14.4 Å². The van der Waals surface area contributed by atoms with E-state index in [-0.39, 0.29) is 19.0 Å². The molecule has 0 atom stereocenters. The zero-order valence-corrected chi connectivity index (χ0v) is 19.4. The number of anilines is 1. The van der Waals surface area contributed by atoms with E-state index >= 15 is 0 Å². The second kappa shape index (κ2) is 11.2. The van der Waals surface area contributed by atoms with Crippen LogP contribution < -0.4 is 21.1 Å². The minimum atomic E-state index is -0.780. The van der Waals surface area contributed by atoms with E-state index in [1.54, 1.807) is 0 Å². The highest BCUT2D eigenvalue weighted by Crippen LogP contribution is 2.41. The van der Waals surface area contributed by atoms with Crippen LogP contribution in [-0.2, 0) is 27.3 Å². The van der Waals surface area contributed by atoms with Gasteiger partial charge in [0.25, 0.3) is 0 Å². The van der Waals surface area contributed by atoms with Gasteiger partial charge in [-0.2, -0.15) is 0 Å². The summed E-state index contributed by atoms with van der Waals surface area (Å²) in [5.74, 6) is -0.177. The highest BCUT2D eigenvalue weighted by atomic mass is 16.5. The van der Waals surface area contributed by atoms with Crippen molar-refractivity contribution in [3.63, 3.8) is 0 Å². The number of rotatable bonds is 10. The van der Waals surface area contributed by atoms with E-state index in [0.717, 1.165) is 37.4 Å². The Morgan fingerprint density at radius 3 is 2.79 bits per heavy atom. The first-order chi connectivity index (χ1) is 15.8. The summed E-state index contributed by atoms with van der Waals surface area (Å²) in [5, 5.41) is 5.81. The SMILES string of the molecule is COc1c(C)c2c(c(NC(N)=O)c1C/C=C(\C)CCC(=O)OCCN1CCNC1)C(=O)OC2. The number of primary amides is 1. The zero-order valence-electron chi connectivity index (χ0n) is 19.4. The molecule has 3 rings (SSSR count). The lowest BCUT2D eigenvalue weighted by molar-refractivity contribution is -0.143. The van der Waals surface area contributed by atoms with Gasteiger partial charge in [0.2, 0.25) is 0 Å². The topological polar surface area (TPSA) is 132 Å². The van der Waals surface area contributed by atoms with E-state index in [4.69, 9.17) is 19.9 Å². The lowest BCUT2D eigenvalue weighted by Crippen LogP contribution is -2.27. The van der Waals surface area contributed by atoms with E-state index in [2.05, 4.69) is 15.5 Å². The number of carbonyl (C=O) groups excluding carboxylic acids is 3. The zero-order chi connectivity index (χ0) is 24.0. The predicted octanol–water partition coefficient (Wildman–Crippen LogP) is 1.84. The average molecular weight is 461 g/mol. The van der Waals surface area contributed by atoms with Gasteiger partial charge in [0.1, 0.15) is 19.0 Å². The maximum absolute atomic E-state index is 12.3. The number of hydrogen-bond acceptors (Lipinski definition) is 8. The first-order valence-electron chi connectivity index (χ1n) is 11.0. The van der Waals surface area contributed by atoms with Gasteiger partial charge in [-0.1, -0.05) is 11.6 Å². The van der Waals surface area contributed by atoms with Crippen LogP contribution in [0.25, 0.3) is 0 Å². The van der Waals surface area contributed by atoms with Crippen LogP contribution in [0.1, 0.15) is 46.8 Å². The number of methoxy groups -OCH3 is 1. The minimum Gasteiger partial charge on any atom is -0.496 e. The Morgan fingerprint density at radius 1 is 1.33 bits per heavy atom. The third kappa shape index (κ3) is 6.02. The van der Waals surface area contributed by atoms with Crippen LogP contribution in [-0.4, -0.2) is 62.9 Å². The molecule has 180 valence electrons. The van der Waals surface area contributed by atoms with E-state index < -0.39 is 12.0 Å². The molecule has 0 radical (unpaired) electrons. The number of cyclic esters (lactones) is 1. The fraction of sp³-hybridized carbons (Fsp3) is 0.522. The van der Waals surface area contributed by atoms with Gasteiger partial charge in [0, 0.05) is 43.9 Å². The number of amides is 2. The van der Waals surface area contributed by atoms with Crippen LogP contribution >= 0.6 is 0 Å². The summed E-state index contributed by atoms with van der Waals surface area (Å²) < 4.78 is 16.1. The molecule has 10 nitrogen and oxygen atoms in total. The van der Waals surface area contributed by atoms with Gasteiger partial charge in [-0.3, -0.25) is 9.69 Å². The Hall–Kier alpha value is -3.11. The number of esters is 2. The molecule has 1 aromatic carbocycles. The van der Waals surface area contributed by atoms with Crippen LogP contribution in [0.2, 0.25) is 0 Å². The molecule has 1 aromatic rings. The van der Waals surface area contributed by atoms with Crippen molar-refractivity contribution in [2.75, 3.05) is 45.3 Å². The van der Waals surface area contributed by atoms with Gasteiger partial charge in [0.15, 0.2) is 0 Å². The number of nitrogens with two attached hydrogens (primary N) is 1. The van der Waals surface area contributed by atoms with Crippen molar-refractivity contribution in [2.45, 2.75) is 39.7 Å². The number of ether oxygens (including phenoxy) is 3. The van der Waals surface area contributed by atoms with Crippen LogP contribution in [0.3, 0.4) is 0 Å². The summed E-state index contributed by atoms with van der Waals surface area (Å²) in [6.45, 7) is 7.76. The highest BCUT2D eigenvalue weighted by molar-refractivity contribution is 6.05. The maximum atomic E-state index is 12.3. The smallest absolute Gasteiger partial charge is 0.341 e. The lowest BCUT2D eigenvalue weighted by Gasteiger charge is -2.19. The quantitative estimate of drug-likeness (QED) is 0.356. The Bertz CT molecular complexity index is 953. The molecule has 1 saturated heterocycles. The van der Waals surface area contributed by atoms with Crippen molar-refractivity contribution in [2.24, 2.45) is 5.73 Å². The summed E-state index contributed by atoms with van der Waals surface area (Å²) in [5.41, 5.74) is 9.05. The molecule has 0 bridgehead atoms. The highest BCUT2D eigenvalue weighted by Gasteiger charge is 2.32. The molecule has 0 aliphatic carbocycles. The monoisotopic (exact) mass is 460 g/mol. The van der Waals surface area contributed by atoms with Gasteiger partial charge in [-0.05, 0) is 32.3 Å². The second-order valence-corrected chi connectivity index (χ2v) is 8.18. The number of benzene rings is 1. The maximum Gasteiger partial charge on any atom is 0.341 e. The Labute approximate surface area is 193 Å². The number of nitrogens with one attached hydrogen (secondary N) is 2. The number of carbonyl (C=O) groups is 3. The van der Waals surface area contributed by atoms with Gasteiger partial charge < -0.3 is 30.6 Å². The second-order valence-electron chi connectivity index (χ2n) is 8.18. The minimum absolute atomic E-state index is 0.120. The van der Waals surface area contributed by atoms with Crippen molar-refractivity contribution in [1.82, 2.24) is 10.2 Å². The van der Waals surface area contributed by atoms with Gasteiger partial charge >= 0.3 is 18.0 Å². The fourth-order valence-electron chi connectivity index (χ4n) is 4.10. The molecule has 2 amide bonds. The van der Waals surface area contributed by atoms with Crippen LogP contribution in [0, 0.1) is 6.92 Å². The molecule has 10 heteroatoms. The largest absolute Gasteiger partial charge is 0.496 e. The van der Waals surface area contributed by atoms with Crippen LogP contribution in [0.5, 0.6) is 5.75 Å². The Balaban J connectivity index is 1.66. The summed E-state index contributed by atoms with van der Waals surface area (Å²) >= 11 is 0. The molecule has 33 heavy (non-hydrogen) atoms. The number of nitrogens with zero attached hydrogens (tertiary/aromatic N) is 1. The average Bonchev–Trinajstić information content (AvgIpc) is 3.42. The number of fused-ring (bicyclic) bond motifs is 1. The molecule has 2 aliphatic heterocycles. The number of hydrogen-bond donors (Lipinski definition) is 3. The molecule has 0 unspecified atom stereocenters. The molecule has 0 saturated carbocycles. The van der Waals surface area contributed by atoms with Crippen molar-refractivity contribution in [3.8, 4) is 5.75 Å². The molecule has 0 spiro atoms. The van der Waals surface area contributed by atoms with Crippen molar-refractivity contribution in [3.05, 3.63) is 33.9 Å². The fourth-order valence-corrected chi connectivity index (χ4v) is 4.10. The summed E-state index contributed by atoms with van der Waals surface area (Å²) in [7, 11) is 1.54. The first-order valence-corrected chi connectivity index (χ1v) is 11.0. The summed E-state index contributed by atoms with van der Waals surface area (Å²) in [6, 6.07) is -0.780. The van der Waals surface area contributed by atoms with Crippen LogP contribution in [0.4, 0.5) is 10.5 Å². The van der Waals surface area contributed by atoms with Gasteiger partial charge in [0.05, 0.1) is 18.4 Å². The van der Waals surface area contributed by atoms with E-state index in [0.29, 0.717) is 47.6 Å². The molecule has 4 N–H and O–H groups in total. The van der Waals surface area contributed by atoms with E-state index in [1.807, 2.05) is 19.9 Å². The normalized spacial score (nSPS) is 15.8. The van der Waals surface area contributed by atoms with Crippen molar-refractivity contribution >= 4 is 23.7 Å². The lowest BCUT2D eigenvalue weighted by atomic mass is 9.93. The molecule has 1 fully saturated rings. The molecular formula is C23H32N4O6.